The molecule has 0 aliphatic rings. The second-order valence-electron chi connectivity index (χ2n) is 1.76. The Balaban J connectivity index is 0. The van der Waals surface area contributed by atoms with Crippen LogP contribution < -0.4 is 17.3 Å². The Hall–Kier alpha value is -0.600. The predicted octanol–water partition coefficient (Wildman–Crippen LogP) is -3.60. The van der Waals surface area contributed by atoms with Crippen molar-refractivity contribution in [3.05, 3.63) is 25.3 Å². The van der Waals surface area contributed by atoms with Gasteiger partial charge in [-0.05, 0) is 12.2 Å². The Morgan fingerprint density at radius 1 is 1.20 bits per heavy atom. The van der Waals surface area contributed by atoms with Crippen molar-refractivity contribution < 1.29 is 22.1 Å². The van der Waals surface area contributed by atoms with Crippen molar-refractivity contribution in [2.45, 2.75) is 0 Å². The highest BCUT2D eigenvalue weighted by Gasteiger charge is 1.97. The first-order valence-electron chi connectivity index (χ1n) is 2.86. The van der Waals surface area contributed by atoms with Gasteiger partial charge in [0.15, 0.2) is 0 Å². The Kier molecular flexibility index (Phi) is 10.2. The summed E-state index contributed by atoms with van der Waals surface area (Å²) in [6, 6.07) is 0. The Morgan fingerprint density at radius 2 is 1.60 bits per heavy atom. The molecule has 58 valence electrons. The molecule has 0 spiro atoms. The first kappa shape index (κ1) is 12.1. The van der Waals surface area contributed by atoms with Crippen LogP contribution in [0.1, 0.15) is 0 Å². The molecule has 0 aliphatic heterocycles. The lowest BCUT2D eigenvalue weighted by molar-refractivity contribution is -0.797. The zero-order valence-corrected chi connectivity index (χ0v) is 6.60. The first-order chi connectivity index (χ1) is 4.35. The van der Waals surface area contributed by atoms with Crippen molar-refractivity contribution in [3.8, 4) is 0 Å². The van der Waals surface area contributed by atoms with Crippen molar-refractivity contribution >= 4 is 6.41 Å². The third kappa shape index (κ3) is 5.54. The summed E-state index contributed by atoms with van der Waals surface area (Å²) in [5.74, 6) is 0. The molecule has 0 aromatic heterocycles. The Labute approximate surface area is 67.6 Å². The van der Waals surface area contributed by atoms with Gasteiger partial charge in [0.05, 0.1) is 0 Å². The van der Waals surface area contributed by atoms with E-state index < -0.39 is 0 Å². The third-order valence-corrected chi connectivity index (χ3v) is 0.980. The van der Waals surface area contributed by atoms with E-state index in [1.807, 2.05) is 0 Å². The van der Waals surface area contributed by atoms with Crippen LogP contribution in [0, 0.1) is 0 Å². The van der Waals surface area contributed by atoms with Gasteiger partial charge in [-0.15, -0.1) is 0 Å². The molecule has 10 heavy (non-hydrogen) atoms. The smallest absolute Gasteiger partial charge is 0.300 e. The van der Waals surface area contributed by atoms with E-state index in [0.717, 1.165) is 11.3 Å². The van der Waals surface area contributed by atoms with E-state index in [9.17, 15) is 4.79 Å². The van der Waals surface area contributed by atoms with Gasteiger partial charge < -0.3 is 12.4 Å². The Morgan fingerprint density at radius 3 is 1.80 bits per heavy atom. The van der Waals surface area contributed by atoms with E-state index in [-0.39, 0.29) is 12.4 Å². The minimum Gasteiger partial charge on any atom is -1.00 e. The molecule has 0 fully saturated rings. The van der Waals surface area contributed by atoms with Crippen LogP contribution in [-0.4, -0.2) is 19.5 Å². The van der Waals surface area contributed by atoms with Crippen LogP contribution in [0.25, 0.3) is 0 Å². The summed E-state index contributed by atoms with van der Waals surface area (Å²) in [5, 5.41) is 0. The van der Waals surface area contributed by atoms with Crippen molar-refractivity contribution in [1.82, 2.24) is 0 Å². The molecule has 0 unspecified atom stereocenters. The van der Waals surface area contributed by atoms with Gasteiger partial charge in [0.1, 0.15) is 13.1 Å². The fraction of sp³-hybridized carbons (Fsp3) is 0.286. The second kappa shape index (κ2) is 8.40. The van der Waals surface area contributed by atoms with E-state index in [4.69, 9.17) is 0 Å². The van der Waals surface area contributed by atoms with Gasteiger partial charge in [-0.3, -0.25) is 4.90 Å². The standard InChI is InChI=1S/C7H11NO.ClH/c1-3-5-8(7-9)6-4-2;/h3-4,7H,1-2,5-6H2;1H. The number of amides is 1. The maximum absolute atomic E-state index is 10.2. The molecule has 0 rings (SSSR count). The van der Waals surface area contributed by atoms with Gasteiger partial charge in [-0.2, -0.15) is 0 Å². The summed E-state index contributed by atoms with van der Waals surface area (Å²) in [4.78, 5) is 11.0. The second-order valence-corrected chi connectivity index (χ2v) is 1.76. The third-order valence-electron chi connectivity index (χ3n) is 0.980. The normalized spacial score (nSPS) is 8.10. The molecule has 1 amide bonds. The van der Waals surface area contributed by atoms with Crippen molar-refractivity contribution in [1.29, 1.82) is 0 Å². The topological polar surface area (TPSA) is 21.5 Å². The van der Waals surface area contributed by atoms with Gasteiger partial charge >= 0.3 is 0 Å². The maximum atomic E-state index is 10.2. The van der Waals surface area contributed by atoms with Gasteiger partial charge in [-0.25, -0.2) is 4.79 Å². The summed E-state index contributed by atoms with van der Waals surface area (Å²) in [6.07, 6.45) is 4.30. The van der Waals surface area contributed by atoms with Crippen molar-refractivity contribution in [2.24, 2.45) is 0 Å². The zero-order chi connectivity index (χ0) is 7.11. The monoisotopic (exact) mass is 161 g/mol. The van der Waals surface area contributed by atoms with Crippen LogP contribution in [0.4, 0.5) is 0 Å². The molecule has 0 saturated heterocycles. The molecule has 3 heteroatoms. The lowest BCUT2D eigenvalue weighted by Crippen LogP contribution is -3.10. The summed E-state index contributed by atoms with van der Waals surface area (Å²) in [6.45, 7) is 8.39. The molecule has 0 bridgehead atoms. The number of hydrogen-bond acceptors (Lipinski definition) is 1. The molecule has 0 atom stereocenters. The van der Waals surface area contributed by atoms with E-state index in [2.05, 4.69) is 13.2 Å². The number of carbonyl (C=O) groups is 1. The van der Waals surface area contributed by atoms with Crippen LogP contribution in [0.2, 0.25) is 0 Å². The molecule has 2 nitrogen and oxygen atoms in total. The molecule has 0 aromatic carbocycles. The first-order valence-corrected chi connectivity index (χ1v) is 2.86. The van der Waals surface area contributed by atoms with Crippen LogP contribution in [0.15, 0.2) is 25.3 Å². The highest BCUT2D eigenvalue weighted by Crippen LogP contribution is 1.52. The largest absolute Gasteiger partial charge is 1.00 e. The van der Waals surface area contributed by atoms with Crippen molar-refractivity contribution in [2.75, 3.05) is 13.1 Å². The molecular weight excluding hydrogens is 150 g/mol. The van der Waals surface area contributed by atoms with Crippen LogP contribution in [0.3, 0.4) is 0 Å². The average molecular weight is 162 g/mol. The average Bonchev–Trinajstić information content (AvgIpc) is 1.88. The number of rotatable bonds is 5. The Bertz CT molecular complexity index is 104. The van der Waals surface area contributed by atoms with E-state index in [0.29, 0.717) is 13.1 Å². The maximum Gasteiger partial charge on any atom is 0.300 e. The van der Waals surface area contributed by atoms with E-state index in [1.54, 1.807) is 12.2 Å². The molecule has 0 saturated carbocycles. The lowest BCUT2D eigenvalue weighted by Gasteiger charge is -2.03. The highest BCUT2D eigenvalue weighted by atomic mass is 35.5. The number of quaternary nitrogens is 1. The van der Waals surface area contributed by atoms with Crippen molar-refractivity contribution in [3.63, 3.8) is 0 Å². The molecular formula is C7H12ClNO. The fourth-order valence-corrected chi connectivity index (χ4v) is 0.550. The SMILES string of the molecule is C=CC[NH+](C=O)CC=C.[Cl-]. The summed E-state index contributed by atoms with van der Waals surface area (Å²) in [7, 11) is 0. The summed E-state index contributed by atoms with van der Waals surface area (Å²) in [5.41, 5.74) is 0. The van der Waals surface area contributed by atoms with E-state index >= 15 is 0 Å². The molecule has 1 N–H and O–H groups in total. The molecule has 0 radical (unpaired) electrons. The van der Waals surface area contributed by atoms with Crippen LogP contribution in [-0.2, 0) is 4.79 Å². The number of carbonyl (C=O) groups excluding carboxylic acids is 1. The van der Waals surface area contributed by atoms with Crippen LogP contribution in [0.5, 0.6) is 0 Å². The van der Waals surface area contributed by atoms with Crippen LogP contribution >= 0.6 is 0 Å². The quantitative estimate of drug-likeness (QED) is 0.327. The lowest BCUT2D eigenvalue weighted by atomic mass is 10.5. The van der Waals surface area contributed by atoms with Gasteiger partial charge in [-0.1, -0.05) is 13.2 Å². The van der Waals surface area contributed by atoms with E-state index in [1.165, 1.54) is 0 Å². The van der Waals surface area contributed by atoms with Gasteiger partial charge in [0.2, 0.25) is 0 Å². The van der Waals surface area contributed by atoms with Gasteiger partial charge in [0, 0.05) is 0 Å². The number of halogens is 1. The minimum absolute atomic E-state index is 0. The molecule has 0 aliphatic carbocycles. The summed E-state index contributed by atoms with van der Waals surface area (Å²) < 4.78 is 0. The number of nitrogens with one attached hydrogen (secondary N) is 1. The summed E-state index contributed by atoms with van der Waals surface area (Å²) >= 11 is 0. The zero-order valence-electron chi connectivity index (χ0n) is 5.85. The van der Waals surface area contributed by atoms with Gasteiger partial charge in [0.25, 0.3) is 6.41 Å². The molecule has 0 aromatic rings. The number of hydrogen-bond donors (Lipinski definition) is 1. The molecule has 0 heterocycles. The predicted molar refractivity (Wildman–Crippen MR) is 37.2 cm³/mol. The minimum atomic E-state index is 0. The fourth-order valence-electron chi connectivity index (χ4n) is 0.550. The highest BCUT2D eigenvalue weighted by molar-refractivity contribution is 5.33.